The van der Waals surface area contributed by atoms with Crippen LogP contribution in [0.25, 0.3) is 0 Å². The molecule has 2 amide bonds. The Balaban J connectivity index is 2.70. The molecule has 0 aliphatic carbocycles. The van der Waals surface area contributed by atoms with Crippen LogP contribution in [-0.2, 0) is 0 Å². The minimum atomic E-state index is -0.998. The second-order valence-electron chi connectivity index (χ2n) is 4.24. The highest BCUT2D eigenvalue weighted by molar-refractivity contribution is 5.92. The second kappa shape index (κ2) is 6.45. The van der Waals surface area contributed by atoms with Crippen LogP contribution in [0, 0.1) is 19.3 Å². The highest BCUT2D eigenvalue weighted by atomic mass is 16.4. The fourth-order valence-corrected chi connectivity index (χ4v) is 1.55. The maximum Gasteiger partial charge on any atom is 0.335 e. The minimum absolute atomic E-state index is 0.122. The van der Waals surface area contributed by atoms with Gasteiger partial charge in [-0.3, -0.25) is 0 Å². The third kappa shape index (κ3) is 4.36. The smallest absolute Gasteiger partial charge is 0.335 e. The van der Waals surface area contributed by atoms with Gasteiger partial charge in [-0.1, -0.05) is 0 Å². The molecule has 0 aliphatic rings. The zero-order chi connectivity index (χ0) is 14.4. The summed E-state index contributed by atoms with van der Waals surface area (Å²) in [4.78, 5) is 22.4. The van der Waals surface area contributed by atoms with Crippen molar-refractivity contribution in [2.24, 2.45) is 0 Å². The first kappa shape index (κ1) is 14.6. The summed E-state index contributed by atoms with van der Waals surface area (Å²) in [6.45, 7) is 3.53. The molecule has 1 rings (SSSR count). The number of carboxylic acids is 1. The molecule has 0 fully saturated rings. The Morgan fingerprint density at radius 3 is 2.68 bits per heavy atom. The van der Waals surface area contributed by atoms with Gasteiger partial charge in [-0.15, -0.1) is 12.3 Å². The molecule has 0 aromatic heterocycles. The number of rotatable bonds is 4. The van der Waals surface area contributed by atoms with Crippen molar-refractivity contribution >= 4 is 17.7 Å². The molecule has 0 radical (unpaired) electrons. The van der Waals surface area contributed by atoms with E-state index >= 15 is 0 Å². The number of carboxylic acid groups (broad SMARTS) is 1. The lowest BCUT2D eigenvalue weighted by Crippen LogP contribution is -2.36. The molecule has 0 aliphatic heterocycles. The zero-order valence-electron chi connectivity index (χ0n) is 10.9. The molecule has 1 atom stereocenters. The number of carbonyl (C=O) groups is 2. The molecule has 3 N–H and O–H groups in total. The molecule has 0 saturated heterocycles. The molecule has 19 heavy (non-hydrogen) atoms. The number of hydrogen-bond donors (Lipinski definition) is 3. The summed E-state index contributed by atoms with van der Waals surface area (Å²) in [5.74, 6) is 1.46. The summed E-state index contributed by atoms with van der Waals surface area (Å²) >= 11 is 0. The number of anilines is 1. The van der Waals surface area contributed by atoms with Crippen LogP contribution < -0.4 is 10.6 Å². The number of hydrogen-bond acceptors (Lipinski definition) is 2. The van der Waals surface area contributed by atoms with E-state index < -0.39 is 5.97 Å². The number of aromatic carboxylic acids is 1. The molecule has 0 saturated carbocycles. The summed E-state index contributed by atoms with van der Waals surface area (Å²) < 4.78 is 0. The van der Waals surface area contributed by atoms with E-state index in [4.69, 9.17) is 11.5 Å². The van der Waals surface area contributed by atoms with Crippen molar-refractivity contribution in [3.05, 3.63) is 29.3 Å². The van der Waals surface area contributed by atoms with Crippen LogP contribution in [0.3, 0.4) is 0 Å². The number of carbonyl (C=O) groups excluding carboxylic acids is 1. The first-order chi connectivity index (χ1) is 8.93. The number of amides is 2. The van der Waals surface area contributed by atoms with Crippen LogP contribution >= 0.6 is 0 Å². The van der Waals surface area contributed by atoms with Crippen LogP contribution in [-0.4, -0.2) is 23.1 Å². The maximum atomic E-state index is 11.7. The molecule has 1 unspecified atom stereocenters. The van der Waals surface area contributed by atoms with E-state index in [9.17, 15) is 9.59 Å². The van der Waals surface area contributed by atoms with Gasteiger partial charge in [0.05, 0.1) is 5.56 Å². The molecule has 0 heterocycles. The lowest BCUT2D eigenvalue weighted by atomic mass is 10.1. The summed E-state index contributed by atoms with van der Waals surface area (Å²) in [5.41, 5.74) is 1.43. The molecule has 0 bridgehead atoms. The van der Waals surface area contributed by atoms with Crippen molar-refractivity contribution in [3.8, 4) is 12.3 Å². The van der Waals surface area contributed by atoms with Gasteiger partial charge in [0, 0.05) is 18.2 Å². The molecule has 1 aromatic carbocycles. The van der Waals surface area contributed by atoms with Gasteiger partial charge >= 0.3 is 12.0 Å². The van der Waals surface area contributed by atoms with Crippen molar-refractivity contribution in [3.63, 3.8) is 0 Å². The highest BCUT2D eigenvalue weighted by Gasteiger charge is 2.09. The fraction of sp³-hybridized carbons (Fsp3) is 0.286. The first-order valence-electron chi connectivity index (χ1n) is 5.79. The Morgan fingerprint density at radius 2 is 2.16 bits per heavy atom. The molecule has 5 heteroatoms. The summed E-state index contributed by atoms with van der Waals surface area (Å²) in [7, 11) is 0. The summed E-state index contributed by atoms with van der Waals surface area (Å²) in [5, 5.41) is 14.2. The van der Waals surface area contributed by atoms with E-state index in [-0.39, 0.29) is 17.6 Å². The van der Waals surface area contributed by atoms with E-state index in [1.54, 1.807) is 19.9 Å². The average molecular weight is 260 g/mol. The predicted molar refractivity (Wildman–Crippen MR) is 73.2 cm³/mol. The molecular formula is C14H16N2O3. The van der Waals surface area contributed by atoms with Gasteiger partial charge in [-0.25, -0.2) is 9.59 Å². The van der Waals surface area contributed by atoms with Gasteiger partial charge in [0.1, 0.15) is 0 Å². The lowest BCUT2D eigenvalue weighted by Gasteiger charge is -2.13. The average Bonchev–Trinajstić information content (AvgIpc) is 2.31. The van der Waals surface area contributed by atoms with E-state index in [2.05, 4.69) is 16.6 Å². The van der Waals surface area contributed by atoms with Crippen molar-refractivity contribution in [2.45, 2.75) is 26.3 Å². The highest BCUT2D eigenvalue weighted by Crippen LogP contribution is 2.16. The number of urea groups is 1. The molecule has 0 spiro atoms. The second-order valence-corrected chi connectivity index (χ2v) is 4.24. The first-order valence-corrected chi connectivity index (χ1v) is 5.79. The molecule has 100 valence electrons. The Kier molecular flexibility index (Phi) is 4.95. The maximum absolute atomic E-state index is 11.7. The number of nitrogens with one attached hydrogen (secondary N) is 2. The molecule has 5 nitrogen and oxygen atoms in total. The van der Waals surface area contributed by atoms with Crippen LogP contribution in [0.1, 0.15) is 29.3 Å². The lowest BCUT2D eigenvalue weighted by molar-refractivity contribution is 0.0697. The molecule has 1 aromatic rings. The monoisotopic (exact) mass is 260 g/mol. The van der Waals surface area contributed by atoms with Crippen molar-refractivity contribution in [2.75, 3.05) is 5.32 Å². The summed E-state index contributed by atoms with van der Waals surface area (Å²) in [6.07, 6.45) is 5.60. The van der Waals surface area contributed by atoms with Crippen molar-refractivity contribution in [1.29, 1.82) is 0 Å². The van der Waals surface area contributed by atoms with E-state index in [1.807, 2.05) is 0 Å². The Morgan fingerprint density at radius 1 is 1.47 bits per heavy atom. The third-order valence-corrected chi connectivity index (χ3v) is 2.52. The SMILES string of the molecule is C#CCC(C)NC(=O)Nc1ccc(C(=O)O)cc1C. The normalized spacial score (nSPS) is 11.2. The van der Waals surface area contributed by atoms with Crippen LogP contribution in [0.4, 0.5) is 10.5 Å². The van der Waals surface area contributed by atoms with Crippen LogP contribution in [0.5, 0.6) is 0 Å². The topological polar surface area (TPSA) is 78.4 Å². The van der Waals surface area contributed by atoms with Crippen molar-refractivity contribution in [1.82, 2.24) is 5.32 Å². The number of benzene rings is 1. The van der Waals surface area contributed by atoms with E-state index in [0.29, 0.717) is 17.7 Å². The minimum Gasteiger partial charge on any atom is -0.478 e. The van der Waals surface area contributed by atoms with Gasteiger partial charge in [-0.05, 0) is 37.6 Å². The van der Waals surface area contributed by atoms with Gasteiger partial charge in [-0.2, -0.15) is 0 Å². The Bertz CT molecular complexity index is 532. The van der Waals surface area contributed by atoms with Crippen molar-refractivity contribution < 1.29 is 14.7 Å². The Labute approximate surface area is 112 Å². The molecular weight excluding hydrogens is 244 g/mol. The van der Waals surface area contributed by atoms with E-state index in [0.717, 1.165) is 0 Å². The number of aryl methyl sites for hydroxylation is 1. The quantitative estimate of drug-likeness (QED) is 0.726. The van der Waals surface area contributed by atoms with Gasteiger partial charge < -0.3 is 15.7 Å². The number of terminal acetylenes is 1. The van der Waals surface area contributed by atoms with Gasteiger partial charge in [0.25, 0.3) is 0 Å². The third-order valence-electron chi connectivity index (χ3n) is 2.52. The van der Waals surface area contributed by atoms with Crippen LogP contribution in [0.2, 0.25) is 0 Å². The summed E-state index contributed by atoms with van der Waals surface area (Å²) in [6, 6.07) is 4.01. The fourth-order valence-electron chi connectivity index (χ4n) is 1.55. The van der Waals surface area contributed by atoms with Gasteiger partial charge in [0.2, 0.25) is 0 Å². The largest absolute Gasteiger partial charge is 0.478 e. The van der Waals surface area contributed by atoms with E-state index in [1.165, 1.54) is 12.1 Å². The van der Waals surface area contributed by atoms with Gasteiger partial charge in [0.15, 0.2) is 0 Å². The Hall–Kier alpha value is -2.48. The predicted octanol–water partition coefficient (Wildman–Crippen LogP) is 2.23. The standard InChI is InChI=1S/C14H16N2O3/c1-4-5-10(3)15-14(19)16-12-7-6-11(13(17)18)8-9(12)2/h1,6-8,10H,5H2,2-3H3,(H,17,18)(H2,15,16,19). The zero-order valence-corrected chi connectivity index (χ0v) is 10.9. The van der Waals surface area contributed by atoms with Crippen LogP contribution in [0.15, 0.2) is 18.2 Å².